The Morgan fingerprint density at radius 1 is 0.659 bits per heavy atom. The highest BCUT2D eigenvalue weighted by atomic mass is 32.1. The molecule has 0 spiro atoms. The van der Waals surface area contributed by atoms with Gasteiger partial charge in [-0.1, -0.05) is 94.4 Å². The van der Waals surface area contributed by atoms with Crippen molar-refractivity contribution >= 4 is 42.5 Å². The Hall–Kier alpha value is -4.21. The first kappa shape index (κ1) is 25.7. The van der Waals surface area contributed by atoms with Crippen LogP contribution in [0.3, 0.4) is 0 Å². The molecular weight excluding hydrogens is 516 g/mol. The normalized spacial score (nSPS) is 12.0. The van der Waals surface area contributed by atoms with Gasteiger partial charge in [0.2, 0.25) is 0 Å². The van der Waals surface area contributed by atoms with Crippen LogP contribution in [0.1, 0.15) is 56.2 Å². The molecule has 0 amide bonds. The Balaban J connectivity index is 1.59. The first-order valence-electron chi connectivity index (χ1n) is 14.5. The van der Waals surface area contributed by atoms with Crippen LogP contribution >= 0.6 is 11.3 Å². The SMILES string of the molecule is Cc1ccc2c(c1)sc1c(-c3nc4ccccc4n3-c3c(C(C)C)cc(-c4ccccc4)cc3C(C)C)cccc12. The van der Waals surface area contributed by atoms with E-state index >= 15 is 0 Å². The van der Waals surface area contributed by atoms with Gasteiger partial charge in [0, 0.05) is 25.7 Å². The Bertz CT molecular complexity index is 2030. The number of thiophene rings is 1. The maximum absolute atomic E-state index is 5.35. The van der Waals surface area contributed by atoms with E-state index in [-0.39, 0.29) is 0 Å². The fourth-order valence-electron chi connectivity index (χ4n) is 6.13. The molecule has 7 aromatic rings. The standard InChI is InChI=1S/C38H34N2S/c1-23(2)31-21-27(26-12-7-6-8-13-26)22-32(24(3)4)36(31)40-34-17-10-9-16-33(34)39-38(40)30-15-11-14-29-28-19-18-25(5)20-35(28)41-37(29)30/h6-24H,1-5H3. The maximum atomic E-state index is 5.35. The highest BCUT2D eigenvalue weighted by molar-refractivity contribution is 7.26. The first-order chi connectivity index (χ1) is 19.9. The van der Waals surface area contributed by atoms with Crippen LogP contribution in [0.4, 0.5) is 0 Å². The molecule has 0 aliphatic heterocycles. The van der Waals surface area contributed by atoms with Crippen LogP contribution in [0.5, 0.6) is 0 Å². The summed E-state index contributed by atoms with van der Waals surface area (Å²) in [5.74, 6) is 1.68. The number of para-hydroxylation sites is 2. The van der Waals surface area contributed by atoms with Gasteiger partial charge in [-0.05, 0) is 83.0 Å². The van der Waals surface area contributed by atoms with Crippen molar-refractivity contribution in [3.8, 4) is 28.2 Å². The molecule has 7 rings (SSSR count). The highest BCUT2D eigenvalue weighted by Crippen LogP contribution is 2.44. The molecule has 5 aromatic carbocycles. The summed E-state index contributed by atoms with van der Waals surface area (Å²) in [5.41, 5.74) is 11.1. The van der Waals surface area contributed by atoms with Crippen molar-refractivity contribution in [3.05, 3.63) is 120 Å². The van der Waals surface area contributed by atoms with Gasteiger partial charge in [0.05, 0.1) is 16.7 Å². The molecule has 2 aromatic heterocycles. The third-order valence-corrected chi connectivity index (χ3v) is 9.40. The average Bonchev–Trinajstić information content (AvgIpc) is 3.54. The molecule has 0 saturated heterocycles. The van der Waals surface area contributed by atoms with Crippen molar-refractivity contribution in [3.63, 3.8) is 0 Å². The predicted octanol–water partition coefficient (Wildman–Crippen LogP) is 11.3. The summed E-state index contributed by atoms with van der Waals surface area (Å²) in [6.07, 6.45) is 0. The van der Waals surface area contributed by atoms with E-state index in [0.29, 0.717) is 11.8 Å². The zero-order valence-corrected chi connectivity index (χ0v) is 25.1. The fourth-order valence-corrected chi connectivity index (χ4v) is 7.44. The Kier molecular flexibility index (Phi) is 6.28. The molecular formula is C38H34N2S. The van der Waals surface area contributed by atoms with Crippen molar-refractivity contribution in [2.24, 2.45) is 0 Å². The molecule has 3 heteroatoms. The number of imidazole rings is 1. The minimum absolute atomic E-state index is 0.336. The lowest BCUT2D eigenvalue weighted by atomic mass is 9.88. The van der Waals surface area contributed by atoms with Crippen LogP contribution in [-0.2, 0) is 0 Å². The summed E-state index contributed by atoms with van der Waals surface area (Å²) in [6.45, 7) is 11.4. The van der Waals surface area contributed by atoms with Gasteiger partial charge in [0.1, 0.15) is 5.82 Å². The number of fused-ring (bicyclic) bond motifs is 4. The molecule has 0 aliphatic rings. The summed E-state index contributed by atoms with van der Waals surface area (Å²) in [6, 6.07) is 37.7. The molecule has 2 heterocycles. The topological polar surface area (TPSA) is 17.8 Å². The van der Waals surface area contributed by atoms with Crippen molar-refractivity contribution in [1.29, 1.82) is 0 Å². The van der Waals surface area contributed by atoms with Gasteiger partial charge in [-0.2, -0.15) is 0 Å². The molecule has 0 N–H and O–H groups in total. The number of nitrogens with zero attached hydrogens (tertiary/aromatic N) is 2. The third-order valence-electron chi connectivity index (χ3n) is 8.20. The summed E-state index contributed by atoms with van der Waals surface area (Å²) in [4.78, 5) is 5.35. The van der Waals surface area contributed by atoms with E-state index in [2.05, 4.69) is 142 Å². The van der Waals surface area contributed by atoms with Crippen LogP contribution in [0.15, 0.2) is 103 Å². The highest BCUT2D eigenvalue weighted by Gasteiger charge is 2.24. The van der Waals surface area contributed by atoms with Crippen molar-refractivity contribution in [1.82, 2.24) is 9.55 Å². The number of aromatic nitrogens is 2. The molecule has 0 unspecified atom stereocenters. The zero-order valence-electron chi connectivity index (χ0n) is 24.3. The average molecular weight is 551 g/mol. The first-order valence-corrected chi connectivity index (χ1v) is 15.4. The van der Waals surface area contributed by atoms with E-state index < -0.39 is 0 Å². The minimum atomic E-state index is 0.336. The Labute approximate surface area is 245 Å². The molecule has 0 fully saturated rings. The second kappa shape index (κ2) is 10.0. The number of aryl methyl sites for hydroxylation is 1. The minimum Gasteiger partial charge on any atom is -0.292 e. The summed E-state index contributed by atoms with van der Waals surface area (Å²) in [5, 5.41) is 2.62. The predicted molar refractivity (Wildman–Crippen MR) is 178 cm³/mol. The number of rotatable bonds is 5. The third kappa shape index (κ3) is 4.27. The van der Waals surface area contributed by atoms with Gasteiger partial charge in [-0.3, -0.25) is 4.57 Å². The lowest BCUT2D eigenvalue weighted by molar-refractivity contribution is 0.812. The van der Waals surface area contributed by atoms with E-state index in [1.807, 2.05) is 11.3 Å². The van der Waals surface area contributed by atoms with Crippen LogP contribution in [0, 0.1) is 6.92 Å². The smallest absolute Gasteiger partial charge is 0.147 e. The van der Waals surface area contributed by atoms with Crippen molar-refractivity contribution < 1.29 is 0 Å². The Morgan fingerprint density at radius 3 is 2.10 bits per heavy atom. The summed E-state index contributed by atoms with van der Waals surface area (Å²) in [7, 11) is 0. The fraction of sp³-hybridized carbons (Fsp3) is 0.184. The van der Waals surface area contributed by atoms with Gasteiger partial charge < -0.3 is 0 Å². The van der Waals surface area contributed by atoms with Gasteiger partial charge in [-0.25, -0.2) is 4.98 Å². The molecule has 0 bridgehead atoms. The summed E-state index contributed by atoms with van der Waals surface area (Å²) >= 11 is 1.88. The van der Waals surface area contributed by atoms with Crippen molar-refractivity contribution in [2.45, 2.75) is 46.5 Å². The molecule has 0 saturated carbocycles. The van der Waals surface area contributed by atoms with Crippen molar-refractivity contribution in [2.75, 3.05) is 0 Å². The molecule has 41 heavy (non-hydrogen) atoms. The van der Waals surface area contributed by atoms with Gasteiger partial charge in [-0.15, -0.1) is 11.3 Å². The van der Waals surface area contributed by atoms with Crippen LogP contribution in [0.25, 0.3) is 59.4 Å². The largest absolute Gasteiger partial charge is 0.292 e. The van der Waals surface area contributed by atoms with Gasteiger partial charge in [0.15, 0.2) is 0 Å². The second-order valence-electron chi connectivity index (χ2n) is 11.7. The molecule has 0 radical (unpaired) electrons. The number of benzene rings is 5. The van der Waals surface area contributed by atoms with E-state index in [9.17, 15) is 0 Å². The lowest BCUT2D eigenvalue weighted by Gasteiger charge is -2.24. The van der Waals surface area contributed by atoms with E-state index in [0.717, 1.165) is 16.9 Å². The molecule has 0 atom stereocenters. The molecule has 0 aliphatic carbocycles. The quantitative estimate of drug-likeness (QED) is 0.208. The number of hydrogen-bond acceptors (Lipinski definition) is 2. The van der Waals surface area contributed by atoms with Crippen LogP contribution in [-0.4, -0.2) is 9.55 Å². The van der Waals surface area contributed by atoms with Crippen LogP contribution < -0.4 is 0 Å². The monoisotopic (exact) mass is 550 g/mol. The molecule has 202 valence electrons. The van der Waals surface area contributed by atoms with Crippen LogP contribution in [0.2, 0.25) is 0 Å². The molecule has 2 nitrogen and oxygen atoms in total. The van der Waals surface area contributed by atoms with E-state index in [1.165, 1.54) is 59.2 Å². The Morgan fingerprint density at radius 2 is 1.37 bits per heavy atom. The van der Waals surface area contributed by atoms with Gasteiger partial charge >= 0.3 is 0 Å². The van der Waals surface area contributed by atoms with E-state index in [1.54, 1.807) is 0 Å². The van der Waals surface area contributed by atoms with E-state index in [4.69, 9.17) is 4.98 Å². The lowest BCUT2D eigenvalue weighted by Crippen LogP contribution is -2.09. The summed E-state index contributed by atoms with van der Waals surface area (Å²) < 4.78 is 5.08. The second-order valence-corrected chi connectivity index (χ2v) is 12.8. The number of hydrogen-bond donors (Lipinski definition) is 0. The maximum Gasteiger partial charge on any atom is 0.147 e. The van der Waals surface area contributed by atoms with Gasteiger partial charge in [0.25, 0.3) is 0 Å². The zero-order chi connectivity index (χ0) is 28.2.